The van der Waals surface area contributed by atoms with Gasteiger partial charge >= 0.3 is 0 Å². The third-order valence-electron chi connectivity index (χ3n) is 3.78. The Morgan fingerprint density at radius 2 is 1.80 bits per heavy atom. The van der Waals surface area contributed by atoms with Gasteiger partial charge in [-0.15, -0.1) is 0 Å². The molecule has 2 atom stereocenters. The summed E-state index contributed by atoms with van der Waals surface area (Å²) in [5, 5.41) is 12.4. The highest BCUT2D eigenvalue weighted by molar-refractivity contribution is 5.76. The Balaban J connectivity index is 2.76. The second-order valence-electron chi connectivity index (χ2n) is 5.42. The first-order valence-electron chi connectivity index (χ1n) is 7.60. The van der Waals surface area contributed by atoms with Gasteiger partial charge in [-0.05, 0) is 24.8 Å². The van der Waals surface area contributed by atoms with Crippen LogP contribution in [0.25, 0.3) is 0 Å². The molecule has 2 unspecified atom stereocenters. The average molecular weight is 277 g/mol. The average Bonchev–Trinajstić information content (AvgIpc) is 2.46. The summed E-state index contributed by atoms with van der Waals surface area (Å²) in [4.78, 5) is 12.0. The number of nitrogens with one attached hydrogen (secondary N) is 1. The van der Waals surface area contributed by atoms with E-state index in [4.69, 9.17) is 0 Å². The van der Waals surface area contributed by atoms with Gasteiger partial charge in [0.1, 0.15) is 0 Å². The van der Waals surface area contributed by atoms with Crippen LogP contribution in [0.1, 0.15) is 58.1 Å². The Bertz CT molecular complexity index is 385. The lowest BCUT2D eigenvalue weighted by Gasteiger charge is -2.27. The number of benzene rings is 1. The molecule has 2 N–H and O–H groups in total. The summed E-state index contributed by atoms with van der Waals surface area (Å²) in [6.45, 7) is 6.03. The molecule has 1 aromatic rings. The van der Waals surface area contributed by atoms with E-state index in [0.29, 0.717) is 18.8 Å². The molecule has 1 aromatic carbocycles. The Hall–Kier alpha value is -1.35. The Morgan fingerprint density at radius 1 is 1.20 bits per heavy atom. The number of hydrogen-bond donors (Lipinski definition) is 2. The highest BCUT2D eigenvalue weighted by atomic mass is 16.3. The van der Waals surface area contributed by atoms with Crippen molar-refractivity contribution >= 4 is 5.91 Å². The van der Waals surface area contributed by atoms with Gasteiger partial charge in [0.05, 0.1) is 12.1 Å². The van der Waals surface area contributed by atoms with Crippen molar-refractivity contribution in [3.63, 3.8) is 0 Å². The lowest BCUT2D eigenvalue weighted by molar-refractivity contribution is -0.122. The normalized spacial score (nSPS) is 14.1. The summed E-state index contributed by atoms with van der Waals surface area (Å²) in [7, 11) is 0. The minimum absolute atomic E-state index is 0.0200. The maximum absolute atomic E-state index is 12.0. The minimum Gasteiger partial charge on any atom is -0.393 e. The number of rotatable bonds is 8. The van der Waals surface area contributed by atoms with Gasteiger partial charge in [0, 0.05) is 6.42 Å². The van der Waals surface area contributed by atoms with Crippen LogP contribution in [0.5, 0.6) is 0 Å². The van der Waals surface area contributed by atoms with Crippen LogP contribution in [0.4, 0.5) is 0 Å². The molecule has 0 saturated carbocycles. The summed E-state index contributed by atoms with van der Waals surface area (Å²) in [6, 6.07) is 10.2. The lowest BCUT2D eigenvalue weighted by atomic mass is 9.88. The molecule has 0 saturated heterocycles. The van der Waals surface area contributed by atoms with Crippen molar-refractivity contribution in [1.29, 1.82) is 0 Å². The van der Waals surface area contributed by atoms with Gasteiger partial charge in [0.2, 0.25) is 5.91 Å². The van der Waals surface area contributed by atoms with Crippen LogP contribution >= 0.6 is 0 Å². The van der Waals surface area contributed by atoms with E-state index in [1.807, 2.05) is 18.2 Å². The molecule has 1 rings (SSSR count). The largest absolute Gasteiger partial charge is 0.393 e. The second-order valence-corrected chi connectivity index (χ2v) is 5.42. The van der Waals surface area contributed by atoms with Gasteiger partial charge in [-0.2, -0.15) is 0 Å². The molecule has 0 aliphatic heterocycles. The number of aliphatic hydroxyl groups excluding tert-OH is 1. The van der Waals surface area contributed by atoms with Gasteiger partial charge in [0.25, 0.3) is 0 Å². The maximum Gasteiger partial charge on any atom is 0.220 e. The molecular weight excluding hydrogens is 250 g/mol. The van der Waals surface area contributed by atoms with Gasteiger partial charge < -0.3 is 10.4 Å². The van der Waals surface area contributed by atoms with Crippen molar-refractivity contribution < 1.29 is 9.90 Å². The van der Waals surface area contributed by atoms with Crippen LogP contribution in [0.3, 0.4) is 0 Å². The van der Waals surface area contributed by atoms with E-state index in [9.17, 15) is 9.90 Å². The zero-order valence-electron chi connectivity index (χ0n) is 12.8. The van der Waals surface area contributed by atoms with Gasteiger partial charge in [-0.25, -0.2) is 0 Å². The van der Waals surface area contributed by atoms with E-state index in [0.717, 1.165) is 18.4 Å². The molecule has 1 amide bonds. The van der Waals surface area contributed by atoms with Crippen molar-refractivity contribution in [3.8, 4) is 0 Å². The molecule has 0 bridgehead atoms. The number of carbonyl (C=O) groups excluding carboxylic acids is 1. The van der Waals surface area contributed by atoms with E-state index in [1.54, 1.807) is 6.92 Å². The molecule has 3 heteroatoms. The zero-order chi connectivity index (χ0) is 15.0. The Kier molecular flexibility index (Phi) is 7.31. The first kappa shape index (κ1) is 16.7. The summed E-state index contributed by atoms with van der Waals surface area (Å²) in [5.74, 6) is 0.458. The first-order chi connectivity index (χ1) is 9.58. The number of amides is 1. The van der Waals surface area contributed by atoms with Crippen molar-refractivity contribution in [2.75, 3.05) is 0 Å². The predicted molar refractivity (Wildman–Crippen MR) is 82.3 cm³/mol. The second kappa shape index (κ2) is 8.75. The van der Waals surface area contributed by atoms with Gasteiger partial charge in [0.15, 0.2) is 0 Å². The van der Waals surface area contributed by atoms with Crippen molar-refractivity contribution in [3.05, 3.63) is 35.9 Å². The number of hydrogen-bond acceptors (Lipinski definition) is 2. The summed E-state index contributed by atoms with van der Waals surface area (Å²) in [5.41, 5.74) is 1.16. The van der Waals surface area contributed by atoms with Crippen LogP contribution in [0.15, 0.2) is 30.3 Å². The van der Waals surface area contributed by atoms with Crippen LogP contribution in [-0.4, -0.2) is 17.1 Å². The van der Waals surface area contributed by atoms with Gasteiger partial charge in [-0.3, -0.25) is 4.79 Å². The quantitative estimate of drug-likeness (QED) is 0.764. The molecule has 0 radical (unpaired) electrons. The molecule has 0 spiro atoms. The smallest absolute Gasteiger partial charge is 0.220 e. The third-order valence-corrected chi connectivity index (χ3v) is 3.78. The molecule has 0 aliphatic rings. The molecule has 112 valence electrons. The van der Waals surface area contributed by atoms with E-state index >= 15 is 0 Å². The number of carbonyl (C=O) groups is 1. The lowest BCUT2D eigenvalue weighted by Crippen LogP contribution is -2.33. The van der Waals surface area contributed by atoms with Crippen LogP contribution in [0, 0.1) is 5.92 Å². The summed E-state index contributed by atoms with van der Waals surface area (Å²) in [6.07, 6.45) is 2.53. The third kappa shape index (κ3) is 5.33. The summed E-state index contributed by atoms with van der Waals surface area (Å²) >= 11 is 0. The SMILES string of the molecule is CCC(CC)C(NC(=O)CCC(C)O)c1ccccc1. The minimum atomic E-state index is -0.427. The molecule has 0 heterocycles. The molecule has 3 nitrogen and oxygen atoms in total. The summed E-state index contributed by atoms with van der Waals surface area (Å²) < 4.78 is 0. The highest BCUT2D eigenvalue weighted by Crippen LogP contribution is 2.27. The maximum atomic E-state index is 12.0. The fourth-order valence-electron chi connectivity index (χ4n) is 2.48. The van der Waals surface area contributed by atoms with E-state index in [-0.39, 0.29) is 11.9 Å². The predicted octanol–water partition coefficient (Wildman–Crippen LogP) is 3.44. The first-order valence-corrected chi connectivity index (χ1v) is 7.60. The van der Waals surface area contributed by atoms with Crippen molar-refractivity contribution in [1.82, 2.24) is 5.32 Å². The van der Waals surface area contributed by atoms with E-state index in [1.165, 1.54) is 0 Å². The van der Waals surface area contributed by atoms with E-state index < -0.39 is 6.10 Å². The molecule has 20 heavy (non-hydrogen) atoms. The molecule has 0 fully saturated rings. The standard InChI is InChI=1S/C17H27NO2/c1-4-14(5-2)17(15-9-7-6-8-10-15)18-16(20)12-11-13(3)19/h6-10,13-14,17,19H,4-5,11-12H2,1-3H3,(H,18,20). The monoisotopic (exact) mass is 277 g/mol. The Labute approximate surface area is 122 Å². The fraction of sp³-hybridized carbons (Fsp3) is 0.588. The molecule has 0 aromatic heterocycles. The molecule has 0 aliphatic carbocycles. The van der Waals surface area contributed by atoms with Crippen molar-refractivity contribution in [2.24, 2.45) is 5.92 Å². The van der Waals surface area contributed by atoms with Crippen LogP contribution < -0.4 is 5.32 Å². The van der Waals surface area contributed by atoms with Crippen LogP contribution in [-0.2, 0) is 4.79 Å². The Morgan fingerprint density at radius 3 is 2.30 bits per heavy atom. The van der Waals surface area contributed by atoms with E-state index in [2.05, 4.69) is 31.3 Å². The fourth-order valence-corrected chi connectivity index (χ4v) is 2.48. The topological polar surface area (TPSA) is 49.3 Å². The zero-order valence-corrected chi connectivity index (χ0v) is 12.8. The molecular formula is C17H27NO2. The highest BCUT2D eigenvalue weighted by Gasteiger charge is 2.22. The van der Waals surface area contributed by atoms with Crippen LogP contribution in [0.2, 0.25) is 0 Å². The van der Waals surface area contributed by atoms with Crippen molar-refractivity contribution in [2.45, 2.75) is 58.6 Å². The number of aliphatic hydroxyl groups is 1. The van der Waals surface area contributed by atoms with Gasteiger partial charge in [-0.1, -0.05) is 57.0 Å².